The fraction of sp³-hybridized carbons (Fsp3) is 0.562. The molecule has 0 unspecified atom stereocenters. The van der Waals surface area contributed by atoms with E-state index in [0.717, 1.165) is 25.2 Å². The Morgan fingerprint density at radius 3 is 2.38 bits per heavy atom. The minimum absolute atomic E-state index is 0.0660. The van der Waals surface area contributed by atoms with Crippen LogP contribution in [0.3, 0.4) is 0 Å². The van der Waals surface area contributed by atoms with Gasteiger partial charge in [-0.2, -0.15) is 0 Å². The second-order valence-electron chi connectivity index (χ2n) is 6.75. The van der Waals surface area contributed by atoms with Gasteiger partial charge in [0, 0.05) is 36.8 Å². The molecule has 1 aliphatic rings. The topological polar surface area (TPSA) is 128 Å². The first-order chi connectivity index (χ1) is 12.1. The highest BCUT2D eigenvalue weighted by Gasteiger charge is 2.30. The Kier molecular flexibility index (Phi) is 5.88. The molecule has 0 aliphatic carbocycles. The molecule has 1 aromatic rings. The number of nitrogens with one attached hydrogen (secondary N) is 1. The highest BCUT2D eigenvalue weighted by molar-refractivity contribution is 5.97. The lowest BCUT2D eigenvalue weighted by molar-refractivity contribution is -0.394. The van der Waals surface area contributed by atoms with Crippen LogP contribution in [0.2, 0.25) is 0 Å². The number of hydrogen-bond acceptors (Lipinski definition) is 7. The van der Waals surface area contributed by atoms with Gasteiger partial charge in [-0.3, -0.25) is 29.9 Å². The van der Waals surface area contributed by atoms with Crippen molar-refractivity contribution >= 4 is 17.3 Å². The molecule has 1 aromatic carbocycles. The Morgan fingerprint density at radius 1 is 1.23 bits per heavy atom. The molecular formula is C16H22N4O6. The molecule has 0 radical (unpaired) electrons. The Morgan fingerprint density at radius 2 is 1.85 bits per heavy atom. The Hall–Kier alpha value is -2.59. The fourth-order valence-electron chi connectivity index (χ4n) is 2.89. The van der Waals surface area contributed by atoms with Gasteiger partial charge in [0.05, 0.1) is 34.7 Å². The van der Waals surface area contributed by atoms with Crippen LogP contribution in [0.15, 0.2) is 12.1 Å². The molecule has 1 saturated heterocycles. The fourth-order valence-corrected chi connectivity index (χ4v) is 2.89. The van der Waals surface area contributed by atoms with Crippen molar-refractivity contribution in [2.24, 2.45) is 0 Å². The van der Waals surface area contributed by atoms with Gasteiger partial charge in [-0.1, -0.05) is 0 Å². The highest BCUT2D eigenvalue weighted by atomic mass is 16.6. The summed E-state index contributed by atoms with van der Waals surface area (Å²) in [5.74, 6) is -0.573. The SMILES string of the molecule is Cc1c(C(=O)NCC(C)(C)N2CCOCC2)cc([N+](=O)[O-])cc1[N+](=O)[O-]. The van der Waals surface area contributed by atoms with Gasteiger partial charge in [-0.05, 0) is 20.8 Å². The molecule has 0 aromatic heterocycles. The second kappa shape index (κ2) is 7.75. The van der Waals surface area contributed by atoms with E-state index < -0.39 is 27.1 Å². The minimum Gasteiger partial charge on any atom is -0.379 e. The van der Waals surface area contributed by atoms with Gasteiger partial charge < -0.3 is 10.1 Å². The van der Waals surface area contributed by atoms with Gasteiger partial charge in [0.15, 0.2) is 0 Å². The number of nitro benzene ring substituents is 2. The van der Waals surface area contributed by atoms with E-state index in [4.69, 9.17) is 4.74 Å². The molecular weight excluding hydrogens is 344 g/mol. The van der Waals surface area contributed by atoms with Crippen molar-refractivity contribution in [1.82, 2.24) is 10.2 Å². The van der Waals surface area contributed by atoms with Crippen LogP contribution in [-0.2, 0) is 4.74 Å². The summed E-state index contributed by atoms with van der Waals surface area (Å²) >= 11 is 0. The van der Waals surface area contributed by atoms with Gasteiger partial charge in [0.2, 0.25) is 0 Å². The number of benzene rings is 1. The maximum Gasteiger partial charge on any atom is 0.279 e. The quantitative estimate of drug-likeness (QED) is 0.599. The van der Waals surface area contributed by atoms with Crippen LogP contribution in [0.4, 0.5) is 11.4 Å². The zero-order valence-corrected chi connectivity index (χ0v) is 15.0. The van der Waals surface area contributed by atoms with Crippen LogP contribution in [0.25, 0.3) is 0 Å². The lowest BCUT2D eigenvalue weighted by Crippen LogP contribution is -2.55. The van der Waals surface area contributed by atoms with Crippen molar-refractivity contribution in [3.05, 3.63) is 43.5 Å². The van der Waals surface area contributed by atoms with Crippen molar-refractivity contribution in [1.29, 1.82) is 0 Å². The van der Waals surface area contributed by atoms with Crippen molar-refractivity contribution in [2.75, 3.05) is 32.8 Å². The van der Waals surface area contributed by atoms with Crippen LogP contribution in [0, 0.1) is 27.2 Å². The van der Waals surface area contributed by atoms with Crippen molar-refractivity contribution in [2.45, 2.75) is 26.3 Å². The lowest BCUT2D eigenvalue weighted by atomic mass is 10.0. The average molecular weight is 366 g/mol. The van der Waals surface area contributed by atoms with Crippen molar-refractivity contribution in [3.63, 3.8) is 0 Å². The van der Waals surface area contributed by atoms with Gasteiger partial charge >= 0.3 is 0 Å². The molecule has 0 atom stereocenters. The van der Waals surface area contributed by atoms with E-state index in [1.807, 2.05) is 13.8 Å². The van der Waals surface area contributed by atoms with E-state index in [2.05, 4.69) is 10.2 Å². The number of ether oxygens (including phenoxy) is 1. The van der Waals surface area contributed by atoms with E-state index in [-0.39, 0.29) is 16.7 Å². The third kappa shape index (κ3) is 4.33. The van der Waals surface area contributed by atoms with E-state index in [1.54, 1.807) is 0 Å². The average Bonchev–Trinajstić information content (AvgIpc) is 2.60. The molecule has 0 bridgehead atoms. The zero-order valence-electron chi connectivity index (χ0n) is 15.0. The molecule has 1 amide bonds. The first-order valence-corrected chi connectivity index (χ1v) is 8.18. The molecule has 10 heteroatoms. The number of morpholine rings is 1. The van der Waals surface area contributed by atoms with Crippen molar-refractivity contribution in [3.8, 4) is 0 Å². The van der Waals surface area contributed by atoms with Crippen molar-refractivity contribution < 1.29 is 19.4 Å². The molecule has 10 nitrogen and oxygen atoms in total. The number of carbonyl (C=O) groups excluding carboxylic acids is 1. The largest absolute Gasteiger partial charge is 0.379 e. The number of amides is 1. The number of non-ortho nitro benzene ring substituents is 1. The zero-order chi connectivity index (χ0) is 19.5. The van der Waals surface area contributed by atoms with Gasteiger partial charge in [0.1, 0.15) is 0 Å². The maximum atomic E-state index is 12.5. The first-order valence-electron chi connectivity index (χ1n) is 8.18. The predicted molar refractivity (Wildman–Crippen MR) is 93.3 cm³/mol. The molecule has 1 heterocycles. The highest BCUT2D eigenvalue weighted by Crippen LogP contribution is 2.28. The molecule has 2 rings (SSSR count). The summed E-state index contributed by atoms with van der Waals surface area (Å²) in [5.41, 5.74) is -1.25. The summed E-state index contributed by atoms with van der Waals surface area (Å²) in [7, 11) is 0. The number of nitrogens with zero attached hydrogens (tertiary/aromatic N) is 3. The van der Waals surface area contributed by atoms with Crippen LogP contribution >= 0.6 is 0 Å². The lowest BCUT2D eigenvalue weighted by Gasteiger charge is -2.40. The van der Waals surface area contributed by atoms with Crippen LogP contribution in [0.5, 0.6) is 0 Å². The van der Waals surface area contributed by atoms with Crippen LogP contribution < -0.4 is 5.32 Å². The van der Waals surface area contributed by atoms with Crippen LogP contribution in [0.1, 0.15) is 29.8 Å². The number of carbonyl (C=O) groups is 1. The second-order valence-corrected chi connectivity index (χ2v) is 6.75. The first kappa shape index (κ1) is 19.7. The molecule has 0 saturated carbocycles. The van der Waals surface area contributed by atoms with Gasteiger partial charge in [-0.25, -0.2) is 0 Å². The summed E-state index contributed by atoms with van der Waals surface area (Å²) in [6, 6.07) is 1.93. The Bertz CT molecular complexity index is 728. The molecule has 1 aliphatic heterocycles. The monoisotopic (exact) mass is 366 g/mol. The van der Waals surface area contributed by atoms with E-state index >= 15 is 0 Å². The van der Waals surface area contributed by atoms with Gasteiger partial charge in [0.25, 0.3) is 17.3 Å². The summed E-state index contributed by atoms with van der Waals surface area (Å²) in [6.45, 7) is 8.36. The summed E-state index contributed by atoms with van der Waals surface area (Å²) < 4.78 is 5.32. The number of rotatable bonds is 6. The van der Waals surface area contributed by atoms with E-state index in [0.29, 0.717) is 19.8 Å². The summed E-state index contributed by atoms with van der Waals surface area (Å²) in [6.07, 6.45) is 0. The normalized spacial score (nSPS) is 15.5. The van der Waals surface area contributed by atoms with E-state index in [1.165, 1.54) is 6.92 Å². The summed E-state index contributed by atoms with van der Waals surface area (Å²) in [5, 5.41) is 24.9. The Labute approximate surface area is 150 Å². The molecule has 0 spiro atoms. The van der Waals surface area contributed by atoms with E-state index in [9.17, 15) is 25.0 Å². The number of hydrogen-bond donors (Lipinski definition) is 1. The third-order valence-corrected chi connectivity index (χ3v) is 4.57. The number of nitro groups is 2. The summed E-state index contributed by atoms with van der Waals surface area (Å²) in [4.78, 5) is 35.4. The maximum absolute atomic E-state index is 12.5. The minimum atomic E-state index is -0.749. The standard InChI is InChI=1S/C16H22N4O6/c1-11-13(8-12(19(22)23)9-14(11)20(24)25)15(21)17-10-16(2,3)18-4-6-26-7-5-18/h8-9H,4-7,10H2,1-3H3,(H,17,21). The molecule has 1 N–H and O–H groups in total. The molecule has 1 fully saturated rings. The molecule has 26 heavy (non-hydrogen) atoms. The molecule has 142 valence electrons. The smallest absolute Gasteiger partial charge is 0.279 e. The van der Waals surface area contributed by atoms with Crippen LogP contribution in [-0.4, -0.2) is 59.0 Å². The third-order valence-electron chi connectivity index (χ3n) is 4.57. The predicted octanol–water partition coefficient (Wildman–Crippen LogP) is 1.65. The van der Waals surface area contributed by atoms with Gasteiger partial charge in [-0.15, -0.1) is 0 Å². The Balaban J connectivity index is 2.20.